The second-order valence-electron chi connectivity index (χ2n) is 6.57. The highest BCUT2D eigenvalue weighted by atomic mass is 16.5. The van der Waals surface area contributed by atoms with Crippen molar-refractivity contribution in [3.8, 4) is 0 Å². The molecular formula is C17H34N4O2. The molecule has 2 fully saturated rings. The van der Waals surface area contributed by atoms with Crippen LogP contribution in [0.1, 0.15) is 25.7 Å². The van der Waals surface area contributed by atoms with E-state index in [1.165, 1.54) is 32.2 Å². The van der Waals surface area contributed by atoms with Gasteiger partial charge in [-0.1, -0.05) is 0 Å². The molecule has 1 aliphatic heterocycles. The Kier molecular flexibility index (Phi) is 8.71. The molecule has 0 aromatic heterocycles. The van der Waals surface area contributed by atoms with Gasteiger partial charge in [-0.15, -0.1) is 0 Å². The van der Waals surface area contributed by atoms with Crippen molar-refractivity contribution in [2.75, 3.05) is 73.2 Å². The van der Waals surface area contributed by atoms with Crippen molar-refractivity contribution >= 4 is 5.96 Å². The van der Waals surface area contributed by atoms with E-state index in [0.717, 1.165) is 64.5 Å². The van der Waals surface area contributed by atoms with Crippen molar-refractivity contribution in [1.82, 2.24) is 15.1 Å². The molecular weight excluding hydrogens is 292 g/mol. The molecule has 1 heterocycles. The van der Waals surface area contributed by atoms with E-state index in [1.54, 1.807) is 0 Å². The number of aliphatic imine (C=N–C) groups is 1. The van der Waals surface area contributed by atoms with E-state index >= 15 is 0 Å². The summed E-state index contributed by atoms with van der Waals surface area (Å²) in [6, 6.07) is 0. The van der Waals surface area contributed by atoms with Crippen LogP contribution in [0.25, 0.3) is 0 Å². The summed E-state index contributed by atoms with van der Waals surface area (Å²) in [5, 5.41) is 3.45. The highest BCUT2D eigenvalue weighted by Gasteiger charge is 2.21. The van der Waals surface area contributed by atoms with Gasteiger partial charge in [-0.05, 0) is 38.1 Å². The minimum absolute atomic E-state index is 0.782. The zero-order valence-electron chi connectivity index (χ0n) is 14.9. The highest BCUT2D eigenvalue weighted by molar-refractivity contribution is 5.79. The van der Waals surface area contributed by atoms with E-state index in [4.69, 9.17) is 9.47 Å². The largest absolute Gasteiger partial charge is 0.379 e. The second kappa shape index (κ2) is 10.8. The monoisotopic (exact) mass is 326 g/mol. The van der Waals surface area contributed by atoms with Gasteiger partial charge in [0.2, 0.25) is 0 Å². The molecule has 6 heteroatoms. The zero-order valence-corrected chi connectivity index (χ0v) is 14.9. The number of hydrogen-bond acceptors (Lipinski definition) is 4. The van der Waals surface area contributed by atoms with Crippen LogP contribution < -0.4 is 5.32 Å². The summed E-state index contributed by atoms with van der Waals surface area (Å²) in [6.07, 6.45) is 5.09. The molecule has 2 rings (SSSR count). The summed E-state index contributed by atoms with van der Waals surface area (Å²) < 4.78 is 11.1. The normalized spacial score (nSPS) is 19.8. The standard InChI is InChI=1S/C17H34N4O2/c1-18-17(20(2)9-12-23-15-16-5-6-16)19-7-3-4-8-21-10-13-22-14-11-21/h16H,3-15H2,1-2H3,(H,18,19). The molecule has 0 amide bonds. The lowest BCUT2D eigenvalue weighted by Gasteiger charge is -2.26. The number of nitrogens with zero attached hydrogens (tertiary/aromatic N) is 3. The molecule has 23 heavy (non-hydrogen) atoms. The third-order valence-corrected chi connectivity index (χ3v) is 4.48. The Hall–Kier alpha value is -0.850. The van der Waals surface area contributed by atoms with E-state index in [2.05, 4.69) is 27.2 Å². The van der Waals surface area contributed by atoms with E-state index in [-0.39, 0.29) is 0 Å². The molecule has 134 valence electrons. The molecule has 1 saturated carbocycles. The van der Waals surface area contributed by atoms with Crippen LogP contribution in [0.3, 0.4) is 0 Å². The average Bonchev–Trinajstić information content (AvgIpc) is 3.40. The number of nitrogens with one attached hydrogen (secondary N) is 1. The molecule has 2 aliphatic rings. The number of morpholine rings is 1. The minimum atomic E-state index is 0.782. The molecule has 0 spiro atoms. The summed E-state index contributed by atoms with van der Waals surface area (Å²) >= 11 is 0. The Morgan fingerprint density at radius 1 is 1.30 bits per heavy atom. The van der Waals surface area contributed by atoms with Crippen LogP contribution in [0.4, 0.5) is 0 Å². The van der Waals surface area contributed by atoms with Gasteiger partial charge in [0.25, 0.3) is 0 Å². The van der Waals surface area contributed by atoms with Crippen molar-refractivity contribution in [2.24, 2.45) is 10.9 Å². The fourth-order valence-electron chi connectivity index (χ4n) is 2.71. The Balaban J connectivity index is 1.47. The minimum Gasteiger partial charge on any atom is -0.379 e. The van der Waals surface area contributed by atoms with E-state index in [1.807, 2.05) is 7.05 Å². The Bertz CT molecular complexity index is 341. The van der Waals surface area contributed by atoms with Gasteiger partial charge >= 0.3 is 0 Å². The Morgan fingerprint density at radius 3 is 2.78 bits per heavy atom. The molecule has 0 unspecified atom stereocenters. The maximum atomic E-state index is 5.69. The van der Waals surface area contributed by atoms with Gasteiger partial charge < -0.3 is 19.7 Å². The number of ether oxygens (including phenoxy) is 2. The van der Waals surface area contributed by atoms with Crippen molar-refractivity contribution in [3.05, 3.63) is 0 Å². The van der Waals surface area contributed by atoms with Gasteiger partial charge in [-0.3, -0.25) is 9.89 Å². The lowest BCUT2D eigenvalue weighted by Crippen LogP contribution is -2.41. The van der Waals surface area contributed by atoms with Crippen LogP contribution in [-0.4, -0.2) is 89.0 Å². The SMILES string of the molecule is CN=C(NCCCCN1CCOCC1)N(C)CCOCC1CC1. The molecule has 1 N–H and O–H groups in total. The fourth-order valence-corrected chi connectivity index (χ4v) is 2.71. The van der Waals surface area contributed by atoms with Crippen LogP contribution in [-0.2, 0) is 9.47 Å². The number of rotatable bonds is 10. The van der Waals surface area contributed by atoms with Crippen molar-refractivity contribution in [2.45, 2.75) is 25.7 Å². The number of unbranched alkanes of at least 4 members (excludes halogenated alkanes) is 1. The van der Waals surface area contributed by atoms with Gasteiger partial charge in [-0.2, -0.15) is 0 Å². The van der Waals surface area contributed by atoms with Crippen LogP contribution in [0.5, 0.6) is 0 Å². The maximum Gasteiger partial charge on any atom is 0.193 e. The Labute approximate surface area is 141 Å². The molecule has 1 saturated heterocycles. The summed E-state index contributed by atoms with van der Waals surface area (Å²) in [5.41, 5.74) is 0. The van der Waals surface area contributed by atoms with Gasteiger partial charge in [0.15, 0.2) is 5.96 Å². The molecule has 0 radical (unpaired) electrons. The quantitative estimate of drug-likeness (QED) is 0.369. The lowest BCUT2D eigenvalue weighted by molar-refractivity contribution is 0.0372. The summed E-state index contributed by atoms with van der Waals surface area (Å²) in [4.78, 5) is 8.99. The predicted molar refractivity (Wildman–Crippen MR) is 94.0 cm³/mol. The molecule has 6 nitrogen and oxygen atoms in total. The number of hydrogen-bond donors (Lipinski definition) is 1. The summed E-state index contributed by atoms with van der Waals surface area (Å²) in [5.74, 6) is 1.80. The third-order valence-electron chi connectivity index (χ3n) is 4.48. The Morgan fingerprint density at radius 2 is 2.09 bits per heavy atom. The van der Waals surface area contributed by atoms with Gasteiger partial charge in [0, 0.05) is 46.9 Å². The average molecular weight is 326 g/mol. The molecule has 0 atom stereocenters. The zero-order chi connectivity index (χ0) is 16.3. The number of guanidine groups is 1. The third kappa shape index (κ3) is 7.99. The fraction of sp³-hybridized carbons (Fsp3) is 0.941. The maximum absolute atomic E-state index is 5.69. The van der Waals surface area contributed by atoms with Crippen molar-refractivity contribution < 1.29 is 9.47 Å². The summed E-state index contributed by atoms with van der Waals surface area (Å²) in [7, 11) is 3.92. The van der Waals surface area contributed by atoms with E-state index < -0.39 is 0 Å². The molecule has 1 aliphatic carbocycles. The summed E-state index contributed by atoms with van der Waals surface area (Å²) in [6.45, 7) is 8.69. The van der Waals surface area contributed by atoms with Gasteiger partial charge in [-0.25, -0.2) is 0 Å². The van der Waals surface area contributed by atoms with Crippen LogP contribution >= 0.6 is 0 Å². The van der Waals surface area contributed by atoms with Crippen LogP contribution in [0.2, 0.25) is 0 Å². The first-order chi connectivity index (χ1) is 11.3. The topological polar surface area (TPSA) is 49.3 Å². The van der Waals surface area contributed by atoms with Gasteiger partial charge in [0.1, 0.15) is 0 Å². The lowest BCUT2D eigenvalue weighted by atomic mass is 10.2. The molecule has 0 bridgehead atoms. The highest BCUT2D eigenvalue weighted by Crippen LogP contribution is 2.28. The van der Waals surface area contributed by atoms with E-state index in [9.17, 15) is 0 Å². The first-order valence-corrected chi connectivity index (χ1v) is 9.09. The van der Waals surface area contributed by atoms with E-state index in [0.29, 0.717) is 0 Å². The van der Waals surface area contributed by atoms with Crippen LogP contribution in [0.15, 0.2) is 4.99 Å². The van der Waals surface area contributed by atoms with Crippen molar-refractivity contribution in [1.29, 1.82) is 0 Å². The van der Waals surface area contributed by atoms with Crippen LogP contribution in [0, 0.1) is 5.92 Å². The first kappa shape index (κ1) is 18.5. The van der Waals surface area contributed by atoms with Crippen molar-refractivity contribution in [3.63, 3.8) is 0 Å². The molecule has 0 aromatic carbocycles. The molecule has 0 aromatic rings. The second-order valence-corrected chi connectivity index (χ2v) is 6.57. The predicted octanol–water partition coefficient (Wildman–Crippen LogP) is 1.03. The first-order valence-electron chi connectivity index (χ1n) is 9.09. The number of likely N-dealkylation sites (N-methyl/N-ethyl adjacent to an activating group) is 1. The van der Waals surface area contributed by atoms with Gasteiger partial charge in [0.05, 0.1) is 19.8 Å². The smallest absolute Gasteiger partial charge is 0.193 e.